The molecule has 0 aromatic carbocycles. The predicted molar refractivity (Wildman–Crippen MR) is 44.5 cm³/mol. The van der Waals surface area contributed by atoms with Crippen LogP contribution in [0.25, 0.3) is 0 Å². The highest BCUT2D eigenvalue weighted by atomic mass is 28.3. The second-order valence-electron chi connectivity index (χ2n) is 2.15. The molecule has 0 aromatic heterocycles. The molecule has 3 nitrogen and oxygen atoms in total. The van der Waals surface area contributed by atoms with E-state index in [-0.39, 0.29) is 0 Å². The predicted octanol–water partition coefficient (Wildman–Crippen LogP) is 0.109. The van der Waals surface area contributed by atoms with Gasteiger partial charge in [-0.05, 0) is 26.1 Å². The van der Waals surface area contributed by atoms with Gasteiger partial charge < -0.3 is 14.2 Å². The van der Waals surface area contributed by atoms with Gasteiger partial charge in [-0.1, -0.05) is 0 Å². The summed E-state index contributed by atoms with van der Waals surface area (Å²) in [5.41, 5.74) is 0. The Morgan fingerprint density at radius 2 is 1.90 bits per heavy atom. The lowest BCUT2D eigenvalue weighted by Crippen LogP contribution is -2.20. The molecule has 0 saturated carbocycles. The number of rotatable bonds is 6. The van der Waals surface area contributed by atoms with Crippen LogP contribution in [0.2, 0.25) is 6.04 Å². The summed E-state index contributed by atoms with van der Waals surface area (Å²) in [6.45, 7) is 1.05. The lowest BCUT2D eigenvalue weighted by atomic mass is 10.5. The summed E-state index contributed by atoms with van der Waals surface area (Å²) < 4.78 is 10.3. The molecule has 0 heterocycles. The molecule has 0 aliphatic heterocycles. The molecule has 10 heavy (non-hydrogen) atoms. The fraction of sp³-hybridized carbons (Fsp3) is 1.00. The average molecular weight is 163 g/mol. The van der Waals surface area contributed by atoms with Gasteiger partial charge in [-0.2, -0.15) is 0 Å². The Morgan fingerprint density at radius 1 is 1.30 bits per heavy atom. The van der Waals surface area contributed by atoms with Gasteiger partial charge in [0.1, 0.15) is 0 Å². The van der Waals surface area contributed by atoms with Crippen molar-refractivity contribution in [1.82, 2.24) is 5.32 Å². The van der Waals surface area contributed by atoms with Crippen LogP contribution in [0.15, 0.2) is 0 Å². The zero-order valence-corrected chi connectivity index (χ0v) is 8.17. The van der Waals surface area contributed by atoms with Crippen LogP contribution in [0, 0.1) is 0 Å². The molecular weight excluding hydrogens is 146 g/mol. The van der Waals surface area contributed by atoms with E-state index in [1.165, 1.54) is 0 Å². The molecular formula is C6H17NO2Si. The Hall–Kier alpha value is 0.0969. The van der Waals surface area contributed by atoms with Crippen LogP contribution in [0.5, 0.6) is 0 Å². The summed E-state index contributed by atoms with van der Waals surface area (Å²) >= 11 is 0. The molecule has 0 atom stereocenters. The SMILES string of the molecule is CNCCC[SiH](OC)OC. The first-order valence-electron chi connectivity index (χ1n) is 3.55. The summed E-state index contributed by atoms with van der Waals surface area (Å²) in [7, 11) is 4.13. The third-order valence-electron chi connectivity index (χ3n) is 1.39. The van der Waals surface area contributed by atoms with Crippen molar-refractivity contribution in [2.75, 3.05) is 27.8 Å². The van der Waals surface area contributed by atoms with Crippen molar-refractivity contribution >= 4 is 9.28 Å². The minimum absolute atomic E-state index is 1.05. The van der Waals surface area contributed by atoms with Gasteiger partial charge in [-0.15, -0.1) is 0 Å². The zero-order chi connectivity index (χ0) is 7.82. The third kappa shape index (κ3) is 4.93. The molecule has 0 amide bonds. The Balaban J connectivity index is 3.09. The van der Waals surface area contributed by atoms with E-state index in [0.717, 1.165) is 19.0 Å². The largest absolute Gasteiger partial charge is 0.400 e. The average Bonchev–Trinajstić information content (AvgIpc) is 1.99. The van der Waals surface area contributed by atoms with E-state index in [2.05, 4.69) is 5.32 Å². The van der Waals surface area contributed by atoms with Crippen molar-refractivity contribution in [3.63, 3.8) is 0 Å². The van der Waals surface area contributed by atoms with Crippen LogP contribution in [-0.2, 0) is 8.85 Å². The van der Waals surface area contributed by atoms with Gasteiger partial charge in [0, 0.05) is 14.2 Å². The Morgan fingerprint density at radius 3 is 2.30 bits per heavy atom. The molecule has 0 fully saturated rings. The topological polar surface area (TPSA) is 30.5 Å². The smallest absolute Gasteiger partial charge is 0.320 e. The van der Waals surface area contributed by atoms with Gasteiger partial charge in [0.05, 0.1) is 0 Å². The fourth-order valence-corrected chi connectivity index (χ4v) is 1.98. The van der Waals surface area contributed by atoms with Crippen molar-refractivity contribution in [3.05, 3.63) is 0 Å². The molecule has 0 aromatic rings. The first-order chi connectivity index (χ1) is 4.85. The first kappa shape index (κ1) is 10.1. The van der Waals surface area contributed by atoms with Gasteiger partial charge in [0.25, 0.3) is 0 Å². The fourth-order valence-electron chi connectivity index (χ4n) is 0.777. The summed E-state index contributed by atoms with van der Waals surface area (Å²) in [4.78, 5) is 0. The molecule has 0 spiro atoms. The van der Waals surface area contributed by atoms with Crippen molar-refractivity contribution < 1.29 is 8.85 Å². The summed E-state index contributed by atoms with van der Waals surface area (Å²) in [6.07, 6.45) is 1.15. The quantitative estimate of drug-likeness (QED) is 0.445. The number of nitrogens with one attached hydrogen (secondary N) is 1. The first-order valence-corrected chi connectivity index (χ1v) is 5.31. The summed E-state index contributed by atoms with van der Waals surface area (Å²) in [6, 6.07) is 1.09. The molecule has 62 valence electrons. The van der Waals surface area contributed by atoms with Crippen molar-refractivity contribution in [2.24, 2.45) is 0 Å². The molecule has 0 rings (SSSR count). The highest BCUT2D eigenvalue weighted by Crippen LogP contribution is 1.97. The van der Waals surface area contributed by atoms with E-state index < -0.39 is 9.28 Å². The molecule has 0 bridgehead atoms. The van der Waals surface area contributed by atoms with Gasteiger partial charge in [0.2, 0.25) is 0 Å². The van der Waals surface area contributed by atoms with E-state index >= 15 is 0 Å². The molecule has 4 heteroatoms. The van der Waals surface area contributed by atoms with E-state index in [0.29, 0.717) is 0 Å². The van der Waals surface area contributed by atoms with Crippen LogP contribution in [-0.4, -0.2) is 37.1 Å². The zero-order valence-electron chi connectivity index (χ0n) is 7.02. The molecule has 0 radical (unpaired) electrons. The maximum atomic E-state index is 5.13. The Labute approximate surface area is 64.6 Å². The lowest BCUT2D eigenvalue weighted by molar-refractivity contribution is 0.276. The van der Waals surface area contributed by atoms with Crippen LogP contribution in [0.4, 0.5) is 0 Å². The summed E-state index contributed by atoms with van der Waals surface area (Å²) in [5.74, 6) is 0. The molecule has 0 unspecified atom stereocenters. The Bertz CT molecular complexity index is 68.8. The van der Waals surface area contributed by atoms with Gasteiger partial charge in [0.15, 0.2) is 0 Å². The monoisotopic (exact) mass is 163 g/mol. The van der Waals surface area contributed by atoms with Crippen LogP contribution >= 0.6 is 0 Å². The highest BCUT2D eigenvalue weighted by molar-refractivity contribution is 6.44. The second-order valence-corrected chi connectivity index (χ2v) is 4.53. The van der Waals surface area contributed by atoms with Gasteiger partial charge in [-0.25, -0.2) is 0 Å². The highest BCUT2D eigenvalue weighted by Gasteiger charge is 2.06. The van der Waals surface area contributed by atoms with Crippen molar-refractivity contribution in [3.8, 4) is 0 Å². The minimum atomic E-state index is -1.26. The third-order valence-corrected chi connectivity index (χ3v) is 3.32. The minimum Gasteiger partial charge on any atom is -0.400 e. The van der Waals surface area contributed by atoms with Crippen LogP contribution < -0.4 is 5.32 Å². The molecule has 0 aliphatic rings. The normalized spacial score (nSPS) is 10.8. The number of hydrogen-bond acceptors (Lipinski definition) is 3. The van der Waals surface area contributed by atoms with E-state index in [1.54, 1.807) is 14.2 Å². The summed E-state index contributed by atoms with van der Waals surface area (Å²) in [5, 5.41) is 3.08. The second kappa shape index (κ2) is 7.21. The van der Waals surface area contributed by atoms with Crippen molar-refractivity contribution in [2.45, 2.75) is 12.5 Å². The maximum absolute atomic E-state index is 5.13. The van der Waals surface area contributed by atoms with E-state index in [1.807, 2.05) is 7.05 Å². The number of hydrogen-bond donors (Lipinski definition) is 1. The van der Waals surface area contributed by atoms with Gasteiger partial charge >= 0.3 is 9.28 Å². The van der Waals surface area contributed by atoms with Gasteiger partial charge in [-0.3, -0.25) is 0 Å². The standard InChI is InChI=1S/C6H17NO2Si/c1-7-5-4-6-10(8-2)9-3/h7,10H,4-6H2,1-3H3. The van der Waals surface area contributed by atoms with Crippen LogP contribution in [0.3, 0.4) is 0 Å². The van der Waals surface area contributed by atoms with Crippen molar-refractivity contribution in [1.29, 1.82) is 0 Å². The Kier molecular flexibility index (Phi) is 7.28. The molecule has 1 N–H and O–H groups in total. The van der Waals surface area contributed by atoms with E-state index in [9.17, 15) is 0 Å². The molecule has 0 aliphatic carbocycles. The van der Waals surface area contributed by atoms with Crippen LogP contribution in [0.1, 0.15) is 6.42 Å². The molecule has 0 saturated heterocycles. The van der Waals surface area contributed by atoms with E-state index in [4.69, 9.17) is 8.85 Å². The lowest BCUT2D eigenvalue weighted by Gasteiger charge is -2.09. The maximum Gasteiger partial charge on any atom is 0.320 e.